The Bertz CT molecular complexity index is 414. The molecule has 1 rings (SSSR count). The van der Waals surface area contributed by atoms with Crippen LogP contribution < -0.4 is 5.32 Å². The number of rotatable bonds is 5. The van der Waals surface area contributed by atoms with Crippen molar-refractivity contribution in [2.75, 3.05) is 11.9 Å². The molecule has 0 amide bonds. The van der Waals surface area contributed by atoms with Crippen LogP contribution in [0.1, 0.15) is 22.3 Å². The zero-order chi connectivity index (χ0) is 12.1. The number of aliphatic carboxylic acids is 1. The fraction of sp³-hybridized carbons (Fsp3) is 0.273. The SMILES string of the molecule is Cc1ccc(C(=O)O)cc1NCCC(=O)O. The second-order valence-electron chi connectivity index (χ2n) is 3.41. The van der Waals surface area contributed by atoms with E-state index in [0.717, 1.165) is 5.56 Å². The monoisotopic (exact) mass is 223 g/mol. The third-order valence-corrected chi connectivity index (χ3v) is 2.14. The zero-order valence-electron chi connectivity index (χ0n) is 8.86. The van der Waals surface area contributed by atoms with Gasteiger partial charge in [-0.05, 0) is 24.6 Å². The third kappa shape index (κ3) is 3.27. The minimum Gasteiger partial charge on any atom is -0.481 e. The highest BCUT2D eigenvalue weighted by Crippen LogP contribution is 2.16. The van der Waals surface area contributed by atoms with Gasteiger partial charge < -0.3 is 15.5 Å². The first-order chi connectivity index (χ1) is 7.50. The van der Waals surface area contributed by atoms with Crippen molar-refractivity contribution in [2.45, 2.75) is 13.3 Å². The molecule has 0 fully saturated rings. The van der Waals surface area contributed by atoms with Crippen molar-refractivity contribution in [3.05, 3.63) is 29.3 Å². The molecule has 0 atom stereocenters. The molecule has 5 heteroatoms. The lowest BCUT2D eigenvalue weighted by molar-refractivity contribution is -0.136. The van der Waals surface area contributed by atoms with Gasteiger partial charge >= 0.3 is 11.9 Å². The van der Waals surface area contributed by atoms with Crippen LogP contribution in [0.4, 0.5) is 5.69 Å². The standard InChI is InChI=1S/C11H13NO4/c1-7-2-3-8(11(15)16)6-9(7)12-5-4-10(13)14/h2-3,6,12H,4-5H2,1H3,(H,13,14)(H,15,16). The van der Waals surface area contributed by atoms with E-state index in [4.69, 9.17) is 10.2 Å². The highest BCUT2D eigenvalue weighted by Gasteiger charge is 2.06. The molecule has 0 aliphatic rings. The molecular weight excluding hydrogens is 210 g/mol. The van der Waals surface area contributed by atoms with Crippen LogP contribution >= 0.6 is 0 Å². The lowest BCUT2D eigenvalue weighted by Gasteiger charge is -2.09. The molecule has 5 nitrogen and oxygen atoms in total. The molecule has 0 unspecified atom stereocenters. The number of nitrogens with one attached hydrogen (secondary N) is 1. The fourth-order valence-corrected chi connectivity index (χ4v) is 1.25. The van der Waals surface area contributed by atoms with E-state index in [0.29, 0.717) is 5.69 Å². The Hall–Kier alpha value is -2.04. The minimum absolute atomic E-state index is 0.00324. The van der Waals surface area contributed by atoms with Gasteiger partial charge in [0, 0.05) is 12.2 Å². The normalized spacial score (nSPS) is 9.81. The van der Waals surface area contributed by atoms with Gasteiger partial charge in [0.2, 0.25) is 0 Å². The molecule has 0 saturated heterocycles. The van der Waals surface area contributed by atoms with Gasteiger partial charge in [0.05, 0.1) is 12.0 Å². The average Bonchev–Trinajstić information content (AvgIpc) is 2.20. The van der Waals surface area contributed by atoms with Gasteiger partial charge in [0.25, 0.3) is 0 Å². The second-order valence-corrected chi connectivity index (χ2v) is 3.41. The first-order valence-corrected chi connectivity index (χ1v) is 4.80. The highest BCUT2D eigenvalue weighted by molar-refractivity contribution is 5.89. The van der Waals surface area contributed by atoms with Crippen molar-refractivity contribution in [1.82, 2.24) is 0 Å². The van der Waals surface area contributed by atoms with Gasteiger partial charge in [-0.3, -0.25) is 4.79 Å². The van der Waals surface area contributed by atoms with E-state index in [9.17, 15) is 9.59 Å². The molecule has 3 N–H and O–H groups in total. The number of hydrogen-bond acceptors (Lipinski definition) is 3. The Labute approximate surface area is 92.7 Å². The number of carboxylic acids is 2. The molecule has 0 aliphatic heterocycles. The second kappa shape index (κ2) is 5.16. The number of benzene rings is 1. The predicted octanol–water partition coefficient (Wildman–Crippen LogP) is 1.58. The maximum absolute atomic E-state index is 10.7. The van der Waals surface area contributed by atoms with Crippen LogP contribution in [0.15, 0.2) is 18.2 Å². The molecule has 0 saturated carbocycles. The predicted molar refractivity (Wildman–Crippen MR) is 58.9 cm³/mol. The molecule has 0 aliphatic carbocycles. The summed E-state index contributed by atoms with van der Waals surface area (Å²) in [6.07, 6.45) is -0.00324. The topological polar surface area (TPSA) is 86.6 Å². The van der Waals surface area contributed by atoms with E-state index >= 15 is 0 Å². The Kier molecular flexibility index (Phi) is 3.88. The van der Waals surface area contributed by atoms with Crippen molar-refractivity contribution < 1.29 is 19.8 Å². The fourth-order valence-electron chi connectivity index (χ4n) is 1.25. The Morgan fingerprint density at radius 3 is 2.56 bits per heavy atom. The molecule has 0 bridgehead atoms. The van der Waals surface area contributed by atoms with E-state index in [1.54, 1.807) is 6.07 Å². The number of anilines is 1. The first kappa shape index (κ1) is 12.0. The van der Waals surface area contributed by atoms with Crippen molar-refractivity contribution >= 4 is 17.6 Å². The maximum atomic E-state index is 10.7. The summed E-state index contributed by atoms with van der Waals surface area (Å²) in [5.41, 5.74) is 1.72. The molecule has 0 heterocycles. The lowest BCUT2D eigenvalue weighted by atomic mass is 10.1. The van der Waals surface area contributed by atoms with Crippen molar-refractivity contribution in [3.8, 4) is 0 Å². The van der Waals surface area contributed by atoms with Crippen LogP contribution in [0.3, 0.4) is 0 Å². The molecule has 1 aromatic carbocycles. The lowest BCUT2D eigenvalue weighted by Crippen LogP contribution is -2.09. The van der Waals surface area contributed by atoms with Crippen LogP contribution in [0.5, 0.6) is 0 Å². The van der Waals surface area contributed by atoms with E-state index in [1.165, 1.54) is 12.1 Å². The Morgan fingerprint density at radius 2 is 2.00 bits per heavy atom. The molecule has 0 spiro atoms. The molecule has 16 heavy (non-hydrogen) atoms. The summed E-state index contributed by atoms with van der Waals surface area (Å²) in [6, 6.07) is 4.70. The first-order valence-electron chi connectivity index (χ1n) is 4.80. The zero-order valence-corrected chi connectivity index (χ0v) is 8.86. The summed E-state index contributed by atoms with van der Waals surface area (Å²) >= 11 is 0. The van der Waals surface area contributed by atoms with E-state index in [-0.39, 0.29) is 18.5 Å². The third-order valence-electron chi connectivity index (χ3n) is 2.14. The minimum atomic E-state index is -0.999. The summed E-state index contributed by atoms with van der Waals surface area (Å²) in [5.74, 6) is -1.89. The summed E-state index contributed by atoms with van der Waals surface area (Å²) < 4.78 is 0. The van der Waals surface area contributed by atoms with E-state index in [2.05, 4.69) is 5.32 Å². The van der Waals surface area contributed by atoms with Crippen LogP contribution in [0, 0.1) is 6.92 Å². The molecular formula is C11H13NO4. The van der Waals surface area contributed by atoms with Gasteiger partial charge in [0.15, 0.2) is 0 Å². The van der Waals surface area contributed by atoms with E-state index in [1.807, 2.05) is 6.92 Å². The summed E-state index contributed by atoms with van der Waals surface area (Å²) in [6.45, 7) is 2.11. The number of hydrogen-bond donors (Lipinski definition) is 3. The van der Waals surface area contributed by atoms with Crippen LogP contribution in [-0.2, 0) is 4.79 Å². The smallest absolute Gasteiger partial charge is 0.335 e. The van der Waals surface area contributed by atoms with Gasteiger partial charge in [-0.2, -0.15) is 0 Å². The average molecular weight is 223 g/mol. The molecule has 86 valence electrons. The highest BCUT2D eigenvalue weighted by atomic mass is 16.4. The summed E-state index contributed by atoms with van der Waals surface area (Å²) in [5, 5.41) is 20.2. The number of carboxylic acid groups (broad SMARTS) is 2. The van der Waals surface area contributed by atoms with Crippen molar-refractivity contribution in [1.29, 1.82) is 0 Å². The number of aryl methyl sites for hydroxylation is 1. The molecule has 1 aromatic rings. The quantitative estimate of drug-likeness (QED) is 0.705. The van der Waals surface area contributed by atoms with Gasteiger partial charge in [-0.1, -0.05) is 6.07 Å². The largest absolute Gasteiger partial charge is 0.481 e. The molecule has 0 radical (unpaired) electrons. The summed E-state index contributed by atoms with van der Waals surface area (Å²) in [4.78, 5) is 21.0. The van der Waals surface area contributed by atoms with Crippen molar-refractivity contribution in [2.24, 2.45) is 0 Å². The van der Waals surface area contributed by atoms with E-state index < -0.39 is 11.9 Å². The van der Waals surface area contributed by atoms with Crippen molar-refractivity contribution in [3.63, 3.8) is 0 Å². The Morgan fingerprint density at radius 1 is 1.31 bits per heavy atom. The Balaban J connectivity index is 2.74. The van der Waals surface area contributed by atoms with Gasteiger partial charge in [-0.15, -0.1) is 0 Å². The number of aromatic carboxylic acids is 1. The maximum Gasteiger partial charge on any atom is 0.335 e. The number of carbonyl (C=O) groups is 2. The van der Waals surface area contributed by atoms with Crippen LogP contribution in [0.2, 0.25) is 0 Å². The molecule has 0 aromatic heterocycles. The van der Waals surface area contributed by atoms with Gasteiger partial charge in [-0.25, -0.2) is 4.79 Å². The van der Waals surface area contributed by atoms with Crippen LogP contribution in [-0.4, -0.2) is 28.7 Å². The summed E-state index contributed by atoms with van der Waals surface area (Å²) in [7, 11) is 0. The van der Waals surface area contributed by atoms with Crippen LogP contribution in [0.25, 0.3) is 0 Å². The van der Waals surface area contributed by atoms with Gasteiger partial charge in [0.1, 0.15) is 0 Å².